The highest BCUT2D eigenvalue weighted by Gasteiger charge is 2.12. The molecule has 0 aliphatic rings. The summed E-state index contributed by atoms with van der Waals surface area (Å²) in [6, 6.07) is 4.16. The molecule has 2 aromatic rings. The fourth-order valence-corrected chi connectivity index (χ4v) is 1.18. The second kappa shape index (κ2) is 4.52. The van der Waals surface area contributed by atoms with Crippen LogP contribution >= 0.6 is 0 Å². The first kappa shape index (κ1) is 10.9. The molecule has 7 heteroatoms. The van der Waals surface area contributed by atoms with Gasteiger partial charge in [0.2, 0.25) is 0 Å². The lowest BCUT2D eigenvalue weighted by atomic mass is 10.2. The van der Waals surface area contributed by atoms with Gasteiger partial charge in [0.25, 0.3) is 5.91 Å². The van der Waals surface area contributed by atoms with Crippen LogP contribution in [-0.4, -0.2) is 21.1 Å². The van der Waals surface area contributed by atoms with Crippen molar-refractivity contribution >= 4 is 17.5 Å². The molecule has 0 aliphatic carbocycles. The maximum atomic E-state index is 12.9. The number of nitrogen functional groups attached to an aromatic ring is 1. The van der Waals surface area contributed by atoms with Crippen molar-refractivity contribution in [3.63, 3.8) is 0 Å². The zero-order valence-corrected chi connectivity index (χ0v) is 8.59. The summed E-state index contributed by atoms with van der Waals surface area (Å²) >= 11 is 0. The Labute approximate surface area is 95.7 Å². The third kappa shape index (κ3) is 2.51. The normalized spacial score (nSPS) is 9.94. The zero-order chi connectivity index (χ0) is 12.3. The minimum absolute atomic E-state index is 0.0457. The van der Waals surface area contributed by atoms with Crippen LogP contribution in [0.25, 0.3) is 0 Å². The Bertz CT molecular complexity index is 546. The summed E-state index contributed by atoms with van der Waals surface area (Å²) in [5, 5.41) is 9.67. The molecule has 1 amide bonds. The van der Waals surface area contributed by atoms with Gasteiger partial charge in [0.15, 0.2) is 5.82 Å². The van der Waals surface area contributed by atoms with Gasteiger partial charge in [0.05, 0.1) is 11.8 Å². The van der Waals surface area contributed by atoms with E-state index in [-0.39, 0.29) is 17.2 Å². The van der Waals surface area contributed by atoms with Gasteiger partial charge >= 0.3 is 0 Å². The first-order valence-electron chi connectivity index (χ1n) is 4.67. The summed E-state index contributed by atoms with van der Waals surface area (Å²) < 4.78 is 12.9. The lowest BCUT2D eigenvalue weighted by Gasteiger charge is -2.05. The van der Waals surface area contributed by atoms with Gasteiger partial charge in [-0.15, -0.1) is 5.10 Å². The van der Waals surface area contributed by atoms with E-state index in [1.807, 2.05) is 0 Å². The van der Waals surface area contributed by atoms with Gasteiger partial charge < -0.3 is 11.1 Å². The molecule has 2 aromatic heterocycles. The predicted octanol–water partition coefficient (Wildman–Crippen LogP) is 0.845. The van der Waals surface area contributed by atoms with E-state index in [9.17, 15) is 9.18 Å². The topological polar surface area (TPSA) is 93.8 Å². The SMILES string of the molecule is Nc1ncc(F)cc1C(=O)Nc1cccnn1. The van der Waals surface area contributed by atoms with E-state index < -0.39 is 11.7 Å². The van der Waals surface area contributed by atoms with Crippen molar-refractivity contribution in [2.45, 2.75) is 0 Å². The summed E-state index contributed by atoms with van der Waals surface area (Å²) in [6.45, 7) is 0. The van der Waals surface area contributed by atoms with Crippen LogP contribution in [0.3, 0.4) is 0 Å². The average molecular weight is 233 g/mol. The Morgan fingerprint density at radius 1 is 1.47 bits per heavy atom. The standard InChI is InChI=1S/C10H8FN5O/c11-6-4-7(9(12)13-5-6)10(17)15-8-2-1-3-14-16-8/h1-5H,(H2,12,13)(H,15,16,17). The Morgan fingerprint density at radius 3 is 3.00 bits per heavy atom. The molecule has 3 N–H and O–H groups in total. The summed E-state index contributed by atoms with van der Waals surface area (Å²) in [7, 11) is 0. The Hall–Kier alpha value is -2.57. The first-order chi connectivity index (χ1) is 8.16. The van der Waals surface area contributed by atoms with Gasteiger partial charge in [-0.1, -0.05) is 0 Å². The molecule has 86 valence electrons. The Kier molecular flexibility index (Phi) is 2.91. The minimum atomic E-state index is -0.636. The molecule has 0 bridgehead atoms. The summed E-state index contributed by atoms with van der Waals surface area (Å²) in [5.41, 5.74) is 5.42. The number of nitrogens with zero attached hydrogens (tertiary/aromatic N) is 3. The number of hydrogen-bond donors (Lipinski definition) is 2. The molecule has 0 aromatic carbocycles. The van der Waals surface area contributed by atoms with Crippen LogP contribution < -0.4 is 11.1 Å². The highest BCUT2D eigenvalue weighted by Crippen LogP contribution is 2.11. The number of anilines is 2. The molecule has 2 rings (SSSR count). The van der Waals surface area contributed by atoms with Crippen LogP contribution in [0, 0.1) is 5.82 Å². The Morgan fingerprint density at radius 2 is 2.29 bits per heavy atom. The molecule has 0 fully saturated rings. The second-order valence-electron chi connectivity index (χ2n) is 3.15. The van der Waals surface area contributed by atoms with Crippen LogP contribution in [-0.2, 0) is 0 Å². The predicted molar refractivity (Wildman–Crippen MR) is 58.6 cm³/mol. The molecule has 0 saturated heterocycles. The molecular formula is C10H8FN5O. The van der Waals surface area contributed by atoms with Crippen LogP contribution in [0.5, 0.6) is 0 Å². The van der Waals surface area contributed by atoms with E-state index >= 15 is 0 Å². The van der Waals surface area contributed by atoms with Crippen molar-refractivity contribution in [2.24, 2.45) is 0 Å². The number of rotatable bonds is 2. The van der Waals surface area contributed by atoms with Gasteiger partial charge in [-0.3, -0.25) is 4.79 Å². The minimum Gasteiger partial charge on any atom is -0.383 e. The average Bonchev–Trinajstić information content (AvgIpc) is 2.33. The smallest absolute Gasteiger partial charge is 0.260 e. The van der Waals surface area contributed by atoms with Crippen LogP contribution in [0.2, 0.25) is 0 Å². The quantitative estimate of drug-likeness (QED) is 0.801. The van der Waals surface area contributed by atoms with Crippen molar-refractivity contribution in [2.75, 3.05) is 11.1 Å². The third-order valence-corrected chi connectivity index (χ3v) is 1.94. The molecule has 0 radical (unpaired) electrons. The van der Waals surface area contributed by atoms with Gasteiger partial charge in [0, 0.05) is 6.20 Å². The van der Waals surface area contributed by atoms with Gasteiger partial charge in [-0.05, 0) is 18.2 Å². The molecule has 17 heavy (non-hydrogen) atoms. The highest BCUT2D eigenvalue weighted by molar-refractivity contribution is 6.06. The number of amides is 1. The number of halogens is 1. The zero-order valence-electron chi connectivity index (χ0n) is 8.59. The van der Waals surface area contributed by atoms with E-state index in [4.69, 9.17) is 5.73 Å². The molecule has 2 heterocycles. The maximum absolute atomic E-state index is 12.9. The van der Waals surface area contributed by atoms with Gasteiger partial charge in [-0.25, -0.2) is 9.37 Å². The number of hydrogen-bond acceptors (Lipinski definition) is 5. The van der Waals surface area contributed by atoms with E-state index in [0.29, 0.717) is 0 Å². The van der Waals surface area contributed by atoms with Crippen LogP contribution in [0.1, 0.15) is 10.4 Å². The van der Waals surface area contributed by atoms with Crippen molar-refractivity contribution in [3.05, 3.63) is 42.0 Å². The largest absolute Gasteiger partial charge is 0.383 e. The van der Waals surface area contributed by atoms with Crippen molar-refractivity contribution in [1.29, 1.82) is 0 Å². The molecule has 0 spiro atoms. The van der Waals surface area contributed by atoms with Crippen molar-refractivity contribution in [1.82, 2.24) is 15.2 Å². The monoisotopic (exact) mass is 233 g/mol. The third-order valence-electron chi connectivity index (χ3n) is 1.94. The maximum Gasteiger partial charge on any atom is 0.260 e. The summed E-state index contributed by atoms with van der Waals surface area (Å²) in [6.07, 6.45) is 2.40. The van der Waals surface area contributed by atoms with Crippen LogP contribution in [0.15, 0.2) is 30.6 Å². The fraction of sp³-hybridized carbons (Fsp3) is 0. The van der Waals surface area contributed by atoms with E-state index in [1.165, 1.54) is 6.20 Å². The summed E-state index contributed by atoms with van der Waals surface area (Å²) in [4.78, 5) is 15.3. The van der Waals surface area contributed by atoms with Crippen molar-refractivity contribution in [3.8, 4) is 0 Å². The van der Waals surface area contributed by atoms with Gasteiger partial charge in [0.1, 0.15) is 11.6 Å². The number of nitrogens with one attached hydrogen (secondary N) is 1. The number of carbonyl (C=O) groups excluding carboxylic acids is 1. The van der Waals surface area contributed by atoms with E-state index in [2.05, 4.69) is 20.5 Å². The van der Waals surface area contributed by atoms with Crippen molar-refractivity contribution < 1.29 is 9.18 Å². The molecular weight excluding hydrogens is 225 g/mol. The van der Waals surface area contributed by atoms with Gasteiger partial charge in [-0.2, -0.15) is 5.10 Å². The van der Waals surface area contributed by atoms with E-state index in [0.717, 1.165) is 12.3 Å². The van der Waals surface area contributed by atoms with E-state index in [1.54, 1.807) is 12.1 Å². The molecule has 6 nitrogen and oxygen atoms in total. The highest BCUT2D eigenvalue weighted by atomic mass is 19.1. The fourth-order valence-electron chi connectivity index (χ4n) is 1.18. The first-order valence-corrected chi connectivity index (χ1v) is 4.67. The summed E-state index contributed by atoms with van der Waals surface area (Å²) in [5.74, 6) is -1.02. The molecule has 0 atom stereocenters. The number of carbonyl (C=O) groups is 1. The number of nitrogens with two attached hydrogens (primary N) is 1. The second-order valence-corrected chi connectivity index (χ2v) is 3.15. The van der Waals surface area contributed by atoms with Crippen LogP contribution in [0.4, 0.5) is 16.0 Å². The lowest BCUT2D eigenvalue weighted by molar-refractivity contribution is 0.102. The molecule has 0 unspecified atom stereocenters. The lowest BCUT2D eigenvalue weighted by Crippen LogP contribution is -2.16. The number of pyridine rings is 1. The molecule has 0 aliphatic heterocycles. The Balaban J connectivity index is 2.23. The number of aromatic nitrogens is 3. The molecule has 0 saturated carbocycles.